The molecular weight excluding hydrogens is 275 g/mol. The van der Waals surface area contributed by atoms with Crippen LogP contribution in [-0.4, -0.2) is 22.6 Å². The van der Waals surface area contributed by atoms with Gasteiger partial charge >= 0.3 is 6.18 Å². The molecule has 0 saturated heterocycles. The zero-order chi connectivity index (χ0) is 15.2. The number of hydrogen-bond acceptors (Lipinski definition) is 4. The minimum atomic E-state index is -4.58. The van der Waals surface area contributed by atoms with Crippen LogP contribution in [0.2, 0.25) is 0 Å². The van der Waals surface area contributed by atoms with E-state index in [1.807, 2.05) is 6.92 Å². The van der Waals surface area contributed by atoms with Gasteiger partial charge in [-0.2, -0.15) is 13.2 Å². The minimum Gasteiger partial charge on any atom is -0.477 e. The molecule has 112 valence electrons. The molecule has 8 heteroatoms. The summed E-state index contributed by atoms with van der Waals surface area (Å²) in [6, 6.07) is 1.83. The van der Waals surface area contributed by atoms with Crippen LogP contribution in [0.3, 0.4) is 0 Å². The number of pyridine rings is 1. The van der Waals surface area contributed by atoms with Gasteiger partial charge in [-0.05, 0) is 18.6 Å². The smallest absolute Gasteiger partial charge is 0.433 e. The molecule has 1 rings (SSSR count). The van der Waals surface area contributed by atoms with Gasteiger partial charge in [-0.1, -0.05) is 24.9 Å². The van der Waals surface area contributed by atoms with Gasteiger partial charge in [0.15, 0.2) is 5.84 Å². The van der Waals surface area contributed by atoms with Crippen molar-refractivity contribution in [2.45, 2.75) is 32.4 Å². The molecule has 0 atom stereocenters. The van der Waals surface area contributed by atoms with Gasteiger partial charge in [0, 0.05) is 0 Å². The van der Waals surface area contributed by atoms with Gasteiger partial charge in [0.05, 0.1) is 12.2 Å². The van der Waals surface area contributed by atoms with Gasteiger partial charge in [-0.3, -0.25) is 0 Å². The first-order valence-electron chi connectivity index (χ1n) is 6.09. The van der Waals surface area contributed by atoms with E-state index >= 15 is 0 Å². The maximum Gasteiger partial charge on any atom is 0.433 e. The zero-order valence-corrected chi connectivity index (χ0v) is 10.9. The number of halogens is 3. The number of unbranched alkanes of at least 4 members (excludes halogenated alkanes) is 2. The van der Waals surface area contributed by atoms with Crippen molar-refractivity contribution in [1.82, 2.24) is 4.98 Å². The van der Waals surface area contributed by atoms with Crippen LogP contribution >= 0.6 is 0 Å². The summed E-state index contributed by atoms with van der Waals surface area (Å²) >= 11 is 0. The average Bonchev–Trinajstić information content (AvgIpc) is 2.41. The van der Waals surface area contributed by atoms with E-state index in [-0.39, 0.29) is 23.9 Å². The van der Waals surface area contributed by atoms with Crippen molar-refractivity contribution in [1.29, 1.82) is 0 Å². The van der Waals surface area contributed by atoms with Crippen molar-refractivity contribution >= 4 is 5.84 Å². The maximum absolute atomic E-state index is 12.6. The quantitative estimate of drug-likeness (QED) is 0.278. The van der Waals surface area contributed by atoms with Gasteiger partial charge in [0.2, 0.25) is 5.88 Å². The fraction of sp³-hybridized carbons (Fsp3) is 0.500. The number of nitrogens with two attached hydrogens (primary N) is 1. The van der Waals surface area contributed by atoms with E-state index in [1.54, 1.807) is 0 Å². The fourth-order valence-electron chi connectivity index (χ4n) is 1.48. The second-order valence-electron chi connectivity index (χ2n) is 4.09. The number of rotatable bonds is 6. The van der Waals surface area contributed by atoms with Crippen molar-refractivity contribution < 1.29 is 23.1 Å². The van der Waals surface area contributed by atoms with Crippen LogP contribution in [0, 0.1) is 0 Å². The van der Waals surface area contributed by atoms with Crippen LogP contribution in [0.4, 0.5) is 13.2 Å². The van der Waals surface area contributed by atoms with E-state index in [9.17, 15) is 13.2 Å². The first-order chi connectivity index (χ1) is 9.40. The third-order valence-electron chi connectivity index (χ3n) is 2.52. The number of ether oxygens (including phenoxy) is 1. The average molecular weight is 291 g/mol. The first kappa shape index (κ1) is 16.1. The second kappa shape index (κ2) is 6.97. The highest BCUT2D eigenvalue weighted by molar-refractivity contribution is 5.99. The third kappa shape index (κ3) is 4.29. The Hall–Kier alpha value is -1.99. The summed E-state index contributed by atoms with van der Waals surface area (Å²) in [6.45, 7) is 2.21. The van der Waals surface area contributed by atoms with Gasteiger partial charge < -0.3 is 15.7 Å². The third-order valence-corrected chi connectivity index (χ3v) is 2.52. The number of nitrogens with zero attached hydrogens (tertiary/aromatic N) is 2. The summed E-state index contributed by atoms with van der Waals surface area (Å²) in [5.74, 6) is -0.636. The lowest BCUT2D eigenvalue weighted by Crippen LogP contribution is -2.18. The Bertz CT molecular complexity index is 476. The minimum absolute atomic E-state index is 0.0250. The Kier molecular flexibility index (Phi) is 5.60. The highest BCUT2D eigenvalue weighted by Crippen LogP contribution is 2.30. The number of alkyl halides is 3. The van der Waals surface area contributed by atoms with Crippen molar-refractivity contribution in [2.75, 3.05) is 6.61 Å². The number of hydrogen-bond donors (Lipinski definition) is 2. The Labute approximate surface area is 114 Å². The summed E-state index contributed by atoms with van der Waals surface area (Å²) in [5.41, 5.74) is 4.32. The maximum atomic E-state index is 12.6. The molecule has 0 radical (unpaired) electrons. The summed E-state index contributed by atoms with van der Waals surface area (Å²) < 4.78 is 43.0. The first-order valence-corrected chi connectivity index (χ1v) is 6.09. The molecule has 0 aromatic carbocycles. The molecule has 1 aromatic heterocycles. The molecule has 3 N–H and O–H groups in total. The van der Waals surface area contributed by atoms with Crippen LogP contribution in [0.25, 0.3) is 0 Å². The molecule has 0 amide bonds. The number of aromatic nitrogens is 1. The van der Waals surface area contributed by atoms with E-state index in [1.165, 1.54) is 0 Å². The van der Waals surface area contributed by atoms with E-state index in [0.29, 0.717) is 6.42 Å². The Morgan fingerprint density at radius 1 is 1.40 bits per heavy atom. The topological polar surface area (TPSA) is 80.7 Å². The SMILES string of the molecule is CCCCCOc1nc(C(F)(F)F)ccc1C(N)=NO. The van der Waals surface area contributed by atoms with Crippen molar-refractivity contribution in [3.63, 3.8) is 0 Å². The monoisotopic (exact) mass is 291 g/mol. The van der Waals surface area contributed by atoms with E-state index < -0.39 is 11.9 Å². The Balaban J connectivity index is 3.01. The van der Waals surface area contributed by atoms with Crippen LogP contribution < -0.4 is 10.5 Å². The fourth-order valence-corrected chi connectivity index (χ4v) is 1.48. The van der Waals surface area contributed by atoms with Crippen LogP contribution in [0.15, 0.2) is 17.3 Å². The van der Waals surface area contributed by atoms with Crippen molar-refractivity contribution in [2.24, 2.45) is 10.9 Å². The summed E-state index contributed by atoms with van der Waals surface area (Å²) in [5, 5.41) is 11.4. The molecule has 1 aromatic rings. The molecule has 0 aliphatic carbocycles. The molecule has 1 heterocycles. The lowest BCUT2D eigenvalue weighted by molar-refractivity contribution is -0.141. The molecule has 0 fully saturated rings. The van der Waals surface area contributed by atoms with Gasteiger partial charge in [-0.25, -0.2) is 4.98 Å². The highest BCUT2D eigenvalue weighted by atomic mass is 19.4. The second-order valence-corrected chi connectivity index (χ2v) is 4.09. The predicted octanol–water partition coefficient (Wildman–Crippen LogP) is 2.76. The molecule has 0 bridgehead atoms. The van der Waals surface area contributed by atoms with Crippen molar-refractivity contribution in [3.05, 3.63) is 23.4 Å². The normalized spacial score (nSPS) is 12.5. The molecule has 0 aliphatic rings. The van der Waals surface area contributed by atoms with E-state index in [0.717, 1.165) is 25.0 Å². The molecule has 0 aliphatic heterocycles. The molecule has 0 saturated carbocycles. The zero-order valence-electron chi connectivity index (χ0n) is 10.9. The molecule has 5 nitrogen and oxygen atoms in total. The Morgan fingerprint density at radius 3 is 2.65 bits per heavy atom. The molecule has 0 spiro atoms. The van der Waals surface area contributed by atoms with Crippen LogP contribution in [0.5, 0.6) is 5.88 Å². The highest BCUT2D eigenvalue weighted by Gasteiger charge is 2.33. The van der Waals surface area contributed by atoms with Crippen molar-refractivity contribution in [3.8, 4) is 5.88 Å². The Morgan fingerprint density at radius 2 is 2.10 bits per heavy atom. The molecule has 0 unspecified atom stereocenters. The standard InChI is InChI=1S/C12H16F3N3O2/c1-2-3-4-7-20-11-8(10(16)18-19)5-6-9(17-11)12(13,14)15/h5-6,19H,2-4,7H2,1H3,(H2,16,18). The van der Waals surface area contributed by atoms with Gasteiger partial charge in [0.25, 0.3) is 0 Å². The summed E-state index contributed by atoms with van der Waals surface area (Å²) in [6.07, 6.45) is -2.06. The lowest BCUT2D eigenvalue weighted by atomic mass is 10.2. The lowest BCUT2D eigenvalue weighted by Gasteiger charge is -2.12. The summed E-state index contributed by atoms with van der Waals surface area (Å²) in [4.78, 5) is 3.39. The molecule has 20 heavy (non-hydrogen) atoms. The van der Waals surface area contributed by atoms with E-state index in [4.69, 9.17) is 15.7 Å². The summed E-state index contributed by atoms with van der Waals surface area (Å²) in [7, 11) is 0. The largest absolute Gasteiger partial charge is 0.477 e. The predicted molar refractivity (Wildman–Crippen MR) is 66.8 cm³/mol. The van der Waals surface area contributed by atoms with Gasteiger partial charge in [0.1, 0.15) is 5.69 Å². The van der Waals surface area contributed by atoms with E-state index in [2.05, 4.69) is 10.1 Å². The number of amidine groups is 1. The van der Waals surface area contributed by atoms with Gasteiger partial charge in [-0.15, -0.1) is 0 Å². The number of oxime groups is 1. The van der Waals surface area contributed by atoms with Crippen LogP contribution in [-0.2, 0) is 6.18 Å². The molecular formula is C12H16F3N3O2. The van der Waals surface area contributed by atoms with Crippen LogP contribution in [0.1, 0.15) is 37.4 Å².